The van der Waals surface area contributed by atoms with E-state index in [2.05, 4.69) is 69.3 Å². The van der Waals surface area contributed by atoms with Gasteiger partial charge in [-0.2, -0.15) is 0 Å². The van der Waals surface area contributed by atoms with Crippen molar-refractivity contribution in [3.05, 3.63) is 35.9 Å². The van der Waals surface area contributed by atoms with Gasteiger partial charge in [0.2, 0.25) is 0 Å². The van der Waals surface area contributed by atoms with E-state index in [1.54, 1.807) is 7.11 Å². The zero-order chi connectivity index (χ0) is 19.5. The van der Waals surface area contributed by atoms with E-state index in [1.165, 1.54) is 5.56 Å². The molecule has 0 radical (unpaired) electrons. The third kappa shape index (κ3) is 6.79. The average Bonchev–Trinajstić information content (AvgIpc) is 2.72. The Balaban J connectivity index is 1.79. The number of methoxy groups -OCH3 is 1. The lowest BCUT2D eigenvalue weighted by Crippen LogP contribution is -2.53. The van der Waals surface area contributed by atoms with E-state index >= 15 is 0 Å². The quantitative estimate of drug-likeness (QED) is 0.528. The smallest absolute Gasteiger partial charge is 0.193 e. The van der Waals surface area contributed by atoms with Gasteiger partial charge in [-0.15, -0.1) is 0 Å². The number of benzene rings is 1. The number of hydrogen-bond donors (Lipinski definition) is 1. The van der Waals surface area contributed by atoms with E-state index in [1.807, 2.05) is 7.05 Å². The Morgan fingerprint density at radius 1 is 1.19 bits per heavy atom. The van der Waals surface area contributed by atoms with Gasteiger partial charge in [-0.3, -0.25) is 9.89 Å². The predicted octanol–water partition coefficient (Wildman–Crippen LogP) is 1.91. The van der Waals surface area contributed by atoms with Gasteiger partial charge in [0.15, 0.2) is 5.96 Å². The minimum absolute atomic E-state index is 0.512. The van der Waals surface area contributed by atoms with Crippen molar-refractivity contribution in [1.82, 2.24) is 20.0 Å². The Hall–Kier alpha value is -1.63. The molecule has 1 atom stereocenters. The van der Waals surface area contributed by atoms with E-state index in [0.29, 0.717) is 6.04 Å². The van der Waals surface area contributed by atoms with Crippen molar-refractivity contribution in [3.63, 3.8) is 0 Å². The molecule has 1 aliphatic heterocycles. The van der Waals surface area contributed by atoms with Crippen LogP contribution in [0.1, 0.15) is 24.9 Å². The van der Waals surface area contributed by atoms with Crippen LogP contribution in [0.5, 0.6) is 0 Å². The summed E-state index contributed by atoms with van der Waals surface area (Å²) in [6.07, 6.45) is 1.14. The fourth-order valence-corrected chi connectivity index (χ4v) is 3.68. The molecule has 1 fully saturated rings. The number of nitrogens with zero attached hydrogens (tertiary/aromatic N) is 4. The third-order valence-corrected chi connectivity index (χ3v) is 5.29. The fourth-order valence-electron chi connectivity index (χ4n) is 3.68. The molecular formula is C21H37N5O. The summed E-state index contributed by atoms with van der Waals surface area (Å²) in [4.78, 5) is 11.7. The maximum Gasteiger partial charge on any atom is 0.193 e. The van der Waals surface area contributed by atoms with Crippen LogP contribution >= 0.6 is 0 Å². The van der Waals surface area contributed by atoms with Gasteiger partial charge < -0.3 is 19.9 Å². The lowest BCUT2D eigenvalue weighted by Gasteiger charge is -2.40. The first-order valence-corrected chi connectivity index (χ1v) is 10.1. The molecule has 1 aromatic rings. The van der Waals surface area contributed by atoms with Gasteiger partial charge in [0.05, 0.1) is 6.61 Å². The molecule has 1 aliphatic rings. The van der Waals surface area contributed by atoms with Crippen molar-refractivity contribution in [3.8, 4) is 0 Å². The molecule has 0 aromatic heterocycles. The van der Waals surface area contributed by atoms with Crippen molar-refractivity contribution >= 4 is 5.96 Å². The van der Waals surface area contributed by atoms with Gasteiger partial charge in [-0.25, -0.2) is 0 Å². The molecule has 1 N–H and O–H groups in total. The minimum atomic E-state index is 0.512. The van der Waals surface area contributed by atoms with Crippen LogP contribution in [0.4, 0.5) is 0 Å². The number of nitrogens with one attached hydrogen (secondary N) is 1. The average molecular weight is 376 g/mol. The van der Waals surface area contributed by atoms with Crippen molar-refractivity contribution < 1.29 is 4.74 Å². The molecule has 152 valence electrons. The summed E-state index contributed by atoms with van der Waals surface area (Å²) < 4.78 is 5.13. The standard InChI is InChI=1S/C21H37N5O/c1-5-20(19-9-7-6-8-10-19)25-13-15-26(16-14-25)21(22-2)23-11-12-24(3)17-18-27-4/h6-10,20H,5,11-18H2,1-4H3,(H,22,23). The van der Waals surface area contributed by atoms with Crippen LogP contribution in [0.15, 0.2) is 35.3 Å². The summed E-state index contributed by atoms with van der Waals surface area (Å²) in [6, 6.07) is 11.4. The monoisotopic (exact) mass is 375 g/mol. The van der Waals surface area contributed by atoms with E-state index in [9.17, 15) is 0 Å². The highest BCUT2D eigenvalue weighted by Crippen LogP contribution is 2.25. The van der Waals surface area contributed by atoms with Gasteiger partial charge in [0.25, 0.3) is 0 Å². The number of guanidine groups is 1. The lowest BCUT2D eigenvalue weighted by atomic mass is 10.0. The highest BCUT2D eigenvalue weighted by atomic mass is 16.5. The van der Waals surface area contributed by atoms with E-state index in [0.717, 1.165) is 64.8 Å². The molecule has 1 heterocycles. The Bertz CT molecular complexity index is 543. The molecule has 27 heavy (non-hydrogen) atoms. The molecule has 0 spiro atoms. The summed E-state index contributed by atoms with van der Waals surface area (Å²) in [5.41, 5.74) is 1.43. The molecule has 0 amide bonds. The van der Waals surface area contributed by atoms with Gasteiger partial charge in [0.1, 0.15) is 0 Å². The van der Waals surface area contributed by atoms with Crippen molar-refractivity contribution in [2.75, 3.05) is 73.6 Å². The lowest BCUT2D eigenvalue weighted by molar-refractivity contribution is 0.126. The second-order valence-corrected chi connectivity index (χ2v) is 7.13. The minimum Gasteiger partial charge on any atom is -0.383 e. The van der Waals surface area contributed by atoms with Crippen LogP contribution in [0.3, 0.4) is 0 Å². The van der Waals surface area contributed by atoms with Crippen molar-refractivity contribution in [2.24, 2.45) is 4.99 Å². The first-order valence-electron chi connectivity index (χ1n) is 10.1. The molecule has 0 aliphatic carbocycles. The summed E-state index contributed by atoms with van der Waals surface area (Å²) in [6.45, 7) is 10.1. The predicted molar refractivity (Wildman–Crippen MR) is 113 cm³/mol. The van der Waals surface area contributed by atoms with Crippen molar-refractivity contribution in [1.29, 1.82) is 0 Å². The Morgan fingerprint density at radius 3 is 2.48 bits per heavy atom. The first kappa shape index (κ1) is 21.7. The van der Waals surface area contributed by atoms with E-state index < -0.39 is 0 Å². The molecule has 0 bridgehead atoms. The SMILES string of the molecule is CCC(c1ccccc1)N1CCN(C(=NC)NCCN(C)CCOC)CC1. The van der Waals surface area contributed by atoms with Crippen LogP contribution < -0.4 is 5.32 Å². The maximum absolute atomic E-state index is 5.13. The van der Waals surface area contributed by atoms with Crippen molar-refractivity contribution in [2.45, 2.75) is 19.4 Å². The maximum atomic E-state index is 5.13. The molecule has 6 heteroatoms. The van der Waals surface area contributed by atoms with Gasteiger partial charge in [0, 0.05) is 66.0 Å². The van der Waals surface area contributed by atoms with Crippen LogP contribution in [-0.4, -0.2) is 94.3 Å². The first-order chi connectivity index (χ1) is 13.2. The van der Waals surface area contributed by atoms with E-state index in [4.69, 9.17) is 4.74 Å². The van der Waals surface area contributed by atoms with Crippen LogP contribution in [0.25, 0.3) is 0 Å². The Morgan fingerprint density at radius 2 is 1.89 bits per heavy atom. The summed E-state index contributed by atoms with van der Waals surface area (Å²) in [5, 5.41) is 3.51. The normalized spacial score (nSPS) is 17.4. The molecule has 6 nitrogen and oxygen atoms in total. The van der Waals surface area contributed by atoms with Crippen LogP contribution in [0.2, 0.25) is 0 Å². The highest BCUT2D eigenvalue weighted by Gasteiger charge is 2.25. The highest BCUT2D eigenvalue weighted by molar-refractivity contribution is 5.80. The number of hydrogen-bond acceptors (Lipinski definition) is 4. The summed E-state index contributed by atoms with van der Waals surface area (Å²) >= 11 is 0. The Kier molecular flexibility index (Phi) is 9.59. The largest absolute Gasteiger partial charge is 0.383 e. The Labute approximate surface area is 165 Å². The summed E-state index contributed by atoms with van der Waals surface area (Å²) in [5.74, 6) is 1.02. The van der Waals surface area contributed by atoms with Gasteiger partial charge in [-0.05, 0) is 19.0 Å². The fraction of sp³-hybridized carbons (Fsp3) is 0.667. The number of rotatable bonds is 9. The van der Waals surface area contributed by atoms with Gasteiger partial charge >= 0.3 is 0 Å². The zero-order valence-electron chi connectivity index (χ0n) is 17.5. The summed E-state index contributed by atoms with van der Waals surface area (Å²) in [7, 11) is 5.74. The molecule has 0 saturated carbocycles. The second-order valence-electron chi connectivity index (χ2n) is 7.13. The number of likely N-dealkylation sites (N-methyl/N-ethyl adjacent to an activating group) is 1. The number of ether oxygens (including phenoxy) is 1. The third-order valence-electron chi connectivity index (χ3n) is 5.29. The van der Waals surface area contributed by atoms with Crippen LogP contribution in [-0.2, 0) is 4.74 Å². The molecule has 1 unspecified atom stereocenters. The molecular weight excluding hydrogens is 338 g/mol. The number of piperazine rings is 1. The van der Waals surface area contributed by atoms with Crippen LogP contribution in [0, 0.1) is 0 Å². The molecule has 1 aromatic carbocycles. The second kappa shape index (κ2) is 12.0. The molecule has 1 saturated heterocycles. The number of aliphatic imine (C=N–C) groups is 1. The zero-order valence-corrected chi connectivity index (χ0v) is 17.5. The molecule has 2 rings (SSSR count). The van der Waals surface area contributed by atoms with Gasteiger partial charge in [-0.1, -0.05) is 37.3 Å². The topological polar surface area (TPSA) is 43.3 Å². The van der Waals surface area contributed by atoms with E-state index in [-0.39, 0.29) is 0 Å².